The molecule has 1 rings (SSSR count). The molecule has 0 aromatic rings. The molecule has 0 amide bonds. The lowest BCUT2D eigenvalue weighted by Gasteiger charge is -2.37. The first-order chi connectivity index (χ1) is 8.76. The maximum Gasteiger partial charge on any atom is 0.194 e. The molecule has 0 aromatic carbocycles. The lowest BCUT2D eigenvalue weighted by Crippen LogP contribution is -2.43. The molecule has 0 saturated heterocycles. The highest BCUT2D eigenvalue weighted by atomic mass is 28.4. The second-order valence-corrected chi connectivity index (χ2v) is 12.0. The number of hydrogen-bond donors (Lipinski definition) is 0. The first kappa shape index (κ1) is 16.5. The topological polar surface area (TPSA) is 33.0 Å². The van der Waals surface area contributed by atoms with Crippen molar-refractivity contribution in [2.24, 2.45) is 5.92 Å². The molecule has 0 aliphatic heterocycles. The molecular weight excluding hydrogens is 250 g/mol. The average Bonchev–Trinajstić information content (AvgIpc) is 2.34. The Bertz CT molecular complexity index is 343. The van der Waals surface area contributed by atoms with Gasteiger partial charge in [-0.15, -0.1) is 0 Å². The van der Waals surface area contributed by atoms with Crippen LogP contribution >= 0.6 is 0 Å². The molecule has 0 spiro atoms. The minimum atomic E-state index is -1.85. The molecule has 3 heteroatoms. The summed E-state index contributed by atoms with van der Waals surface area (Å²) in [5.74, 6) is 0.660. The highest BCUT2D eigenvalue weighted by Crippen LogP contribution is 2.37. The number of allylic oxidation sites excluding steroid dienone is 1. The van der Waals surface area contributed by atoms with Gasteiger partial charge in [-0.3, -0.25) is 0 Å². The van der Waals surface area contributed by atoms with Crippen molar-refractivity contribution in [3.63, 3.8) is 0 Å². The first-order valence-corrected chi connectivity index (χ1v) is 10.4. The lowest BCUT2D eigenvalue weighted by molar-refractivity contribution is 0.272. The molecule has 1 unspecified atom stereocenters. The van der Waals surface area contributed by atoms with Gasteiger partial charge >= 0.3 is 0 Å². The fraction of sp³-hybridized carbons (Fsp3) is 0.812. The van der Waals surface area contributed by atoms with Gasteiger partial charge in [-0.2, -0.15) is 5.26 Å². The summed E-state index contributed by atoms with van der Waals surface area (Å²) in [4.78, 5) is 0. The van der Waals surface area contributed by atoms with E-state index in [0.717, 1.165) is 0 Å². The van der Waals surface area contributed by atoms with Crippen LogP contribution in [0.5, 0.6) is 0 Å². The van der Waals surface area contributed by atoms with Crippen molar-refractivity contribution in [2.75, 3.05) is 0 Å². The summed E-state index contributed by atoms with van der Waals surface area (Å²) in [6.07, 6.45) is 10.4. The van der Waals surface area contributed by atoms with E-state index >= 15 is 0 Å². The molecule has 0 radical (unpaired) electrons. The highest BCUT2D eigenvalue weighted by Gasteiger charge is 2.38. The van der Waals surface area contributed by atoms with Gasteiger partial charge in [0.05, 0.1) is 6.07 Å². The van der Waals surface area contributed by atoms with Crippen LogP contribution < -0.4 is 0 Å². The van der Waals surface area contributed by atoms with Crippen LogP contribution in [-0.4, -0.2) is 14.4 Å². The molecular formula is C16H29NOSi. The number of hydrogen-bond acceptors (Lipinski definition) is 2. The number of nitriles is 1. The van der Waals surface area contributed by atoms with Crippen molar-refractivity contribution in [2.45, 2.75) is 77.1 Å². The van der Waals surface area contributed by atoms with Gasteiger partial charge in [0.25, 0.3) is 0 Å². The summed E-state index contributed by atoms with van der Waals surface area (Å²) in [6.45, 7) is 11.0. The van der Waals surface area contributed by atoms with E-state index < -0.39 is 8.32 Å². The van der Waals surface area contributed by atoms with Crippen LogP contribution in [0, 0.1) is 17.2 Å². The molecule has 1 aliphatic carbocycles. The van der Waals surface area contributed by atoms with Gasteiger partial charge in [0.15, 0.2) is 14.4 Å². The van der Waals surface area contributed by atoms with Gasteiger partial charge in [-0.05, 0) is 43.0 Å². The molecule has 2 nitrogen and oxygen atoms in total. The second-order valence-electron chi connectivity index (χ2n) is 7.21. The van der Waals surface area contributed by atoms with Crippen LogP contribution in [-0.2, 0) is 4.43 Å². The number of rotatable bonds is 4. The smallest absolute Gasteiger partial charge is 0.194 e. The normalized spacial score (nSPS) is 20.4. The van der Waals surface area contributed by atoms with E-state index in [9.17, 15) is 5.26 Å². The van der Waals surface area contributed by atoms with E-state index in [-0.39, 0.29) is 11.1 Å². The van der Waals surface area contributed by atoms with E-state index in [1.807, 2.05) is 6.08 Å². The lowest BCUT2D eigenvalue weighted by atomic mass is 9.89. The van der Waals surface area contributed by atoms with Crippen molar-refractivity contribution in [1.82, 2.24) is 0 Å². The molecule has 0 N–H and O–H groups in total. The Morgan fingerprint density at radius 1 is 1.21 bits per heavy atom. The van der Waals surface area contributed by atoms with Gasteiger partial charge in [0.2, 0.25) is 0 Å². The zero-order valence-corrected chi connectivity index (χ0v) is 14.2. The summed E-state index contributed by atoms with van der Waals surface area (Å²) in [5.41, 5.74) is 0. The fourth-order valence-electron chi connectivity index (χ4n) is 2.19. The van der Waals surface area contributed by atoms with E-state index in [1.54, 1.807) is 0 Å². The van der Waals surface area contributed by atoms with Crippen LogP contribution in [0.1, 0.15) is 52.9 Å². The van der Waals surface area contributed by atoms with E-state index in [4.69, 9.17) is 4.43 Å². The van der Waals surface area contributed by atoms with Crippen molar-refractivity contribution in [3.8, 4) is 6.07 Å². The third-order valence-corrected chi connectivity index (χ3v) is 9.02. The van der Waals surface area contributed by atoms with Crippen LogP contribution in [0.2, 0.25) is 18.1 Å². The van der Waals surface area contributed by atoms with E-state index in [1.165, 1.54) is 32.1 Å². The predicted octanol–water partition coefficient (Wildman–Crippen LogP) is 5.04. The Kier molecular flexibility index (Phi) is 5.82. The predicted molar refractivity (Wildman–Crippen MR) is 83.4 cm³/mol. The molecule has 108 valence electrons. The maximum atomic E-state index is 9.28. The largest absolute Gasteiger partial charge is 0.398 e. The highest BCUT2D eigenvalue weighted by molar-refractivity contribution is 6.74. The summed E-state index contributed by atoms with van der Waals surface area (Å²) in [5, 5.41) is 9.43. The molecule has 0 heterocycles. The van der Waals surface area contributed by atoms with E-state index in [0.29, 0.717) is 5.92 Å². The van der Waals surface area contributed by atoms with Gasteiger partial charge in [0, 0.05) is 0 Å². The fourth-order valence-corrected chi connectivity index (χ4v) is 3.31. The minimum Gasteiger partial charge on any atom is -0.398 e. The van der Waals surface area contributed by atoms with Gasteiger partial charge in [0.1, 0.15) is 0 Å². The van der Waals surface area contributed by atoms with Crippen molar-refractivity contribution in [3.05, 3.63) is 12.2 Å². The molecule has 1 atom stereocenters. The van der Waals surface area contributed by atoms with Gasteiger partial charge < -0.3 is 4.43 Å². The van der Waals surface area contributed by atoms with Crippen LogP contribution in [0.3, 0.4) is 0 Å². The molecule has 0 aromatic heterocycles. The minimum absolute atomic E-state index is 0.154. The molecule has 1 saturated carbocycles. The Balaban J connectivity index is 2.59. The van der Waals surface area contributed by atoms with Gasteiger partial charge in [-0.25, -0.2) is 0 Å². The average molecular weight is 280 g/mol. The second kappa shape index (κ2) is 6.72. The monoisotopic (exact) mass is 279 g/mol. The van der Waals surface area contributed by atoms with E-state index in [2.05, 4.69) is 46.0 Å². The van der Waals surface area contributed by atoms with Crippen molar-refractivity contribution in [1.29, 1.82) is 5.26 Å². The summed E-state index contributed by atoms with van der Waals surface area (Å²) >= 11 is 0. The van der Waals surface area contributed by atoms with Crippen LogP contribution in [0.4, 0.5) is 0 Å². The van der Waals surface area contributed by atoms with Gasteiger partial charge in [-0.1, -0.05) is 46.1 Å². The molecule has 1 aliphatic rings. The standard InChI is InChI=1S/C16H29NOSi/c1-16(2,3)19(4,5)18-15(13-17)12-11-14-9-7-6-8-10-14/h11-12,14-15H,6-10H2,1-5H3/b12-11+. The Morgan fingerprint density at radius 3 is 2.26 bits per heavy atom. The zero-order chi connectivity index (χ0) is 14.5. The van der Waals surface area contributed by atoms with Crippen molar-refractivity contribution < 1.29 is 4.43 Å². The third-order valence-electron chi connectivity index (χ3n) is 4.56. The molecule has 0 bridgehead atoms. The van der Waals surface area contributed by atoms with Crippen LogP contribution in [0.25, 0.3) is 0 Å². The summed E-state index contributed by atoms with van der Waals surface area (Å²) < 4.78 is 6.13. The summed E-state index contributed by atoms with van der Waals surface area (Å²) in [6, 6.07) is 2.30. The first-order valence-electron chi connectivity index (χ1n) is 7.52. The Hall–Kier alpha value is -0.593. The quantitative estimate of drug-likeness (QED) is 0.533. The third kappa shape index (κ3) is 5.12. The maximum absolute atomic E-state index is 9.28. The Labute approximate surface area is 120 Å². The number of nitrogens with zero attached hydrogens (tertiary/aromatic N) is 1. The van der Waals surface area contributed by atoms with Crippen molar-refractivity contribution >= 4 is 8.32 Å². The molecule has 19 heavy (non-hydrogen) atoms. The Morgan fingerprint density at radius 2 is 1.79 bits per heavy atom. The molecule has 1 fully saturated rings. The summed E-state index contributed by atoms with van der Waals surface area (Å²) in [7, 11) is -1.85. The van der Waals surface area contributed by atoms with Crippen LogP contribution in [0.15, 0.2) is 12.2 Å². The SMILES string of the molecule is CC(C)(C)[Si](C)(C)OC(C#N)/C=C/C1CCCCC1. The zero-order valence-electron chi connectivity index (χ0n) is 13.2.